The van der Waals surface area contributed by atoms with E-state index in [0.717, 1.165) is 12.1 Å². The molecule has 2 N–H and O–H groups in total. The Bertz CT molecular complexity index is 850. The van der Waals surface area contributed by atoms with Gasteiger partial charge in [-0.15, -0.1) is 0 Å². The highest BCUT2D eigenvalue weighted by molar-refractivity contribution is 5.79. The predicted octanol–water partition coefficient (Wildman–Crippen LogP) is 4.25. The fourth-order valence-electron chi connectivity index (χ4n) is 3.61. The Hall–Kier alpha value is -2.84. The maximum Gasteiger partial charge on any atom is 0.387 e. The highest BCUT2D eigenvalue weighted by Crippen LogP contribution is 2.29. The van der Waals surface area contributed by atoms with Crippen molar-refractivity contribution in [1.82, 2.24) is 20.4 Å². The number of benzene rings is 1. The molecular formula is C22H31F2N5O2. The zero-order valence-corrected chi connectivity index (χ0v) is 18.1. The lowest BCUT2D eigenvalue weighted by Crippen LogP contribution is -2.36. The fraction of sp³-hybridized carbons (Fsp3) is 0.545. The van der Waals surface area contributed by atoms with Crippen LogP contribution in [0.2, 0.25) is 0 Å². The first-order valence-corrected chi connectivity index (χ1v) is 10.8. The Kier molecular flexibility index (Phi) is 8.49. The second kappa shape index (κ2) is 11.5. The molecule has 0 saturated heterocycles. The normalized spacial score (nSPS) is 14.8. The minimum atomic E-state index is -2.91. The Morgan fingerprint density at radius 1 is 1.23 bits per heavy atom. The zero-order chi connectivity index (χ0) is 22.1. The molecule has 170 valence electrons. The van der Waals surface area contributed by atoms with Gasteiger partial charge in [-0.2, -0.15) is 13.9 Å². The topological polar surface area (TPSA) is 72.7 Å². The van der Waals surface area contributed by atoms with Gasteiger partial charge in [-0.25, -0.2) is 0 Å². The van der Waals surface area contributed by atoms with E-state index >= 15 is 0 Å². The lowest BCUT2D eigenvalue weighted by atomic mass is 10.2. The summed E-state index contributed by atoms with van der Waals surface area (Å²) >= 11 is 0. The van der Waals surface area contributed by atoms with E-state index in [1.165, 1.54) is 31.7 Å². The van der Waals surface area contributed by atoms with Crippen LogP contribution in [-0.2, 0) is 13.1 Å². The zero-order valence-electron chi connectivity index (χ0n) is 18.1. The SMILES string of the molecule is CCCOc1ccc(CNC(=NC)NCc2ccn(C3CCCC3)n2)c(OC(F)F)c1. The molecule has 9 heteroatoms. The highest BCUT2D eigenvalue weighted by atomic mass is 19.3. The second-order valence-electron chi connectivity index (χ2n) is 7.50. The second-order valence-corrected chi connectivity index (χ2v) is 7.50. The van der Waals surface area contributed by atoms with E-state index in [0.29, 0.717) is 36.5 Å². The van der Waals surface area contributed by atoms with Gasteiger partial charge in [0.25, 0.3) is 0 Å². The molecule has 0 spiro atoms. The molecule has 1 saturated carbocycles. The van der Waals surface area contributed by atoms with E-state index in [1.54, 1.807) is 19.2 Å². The van der Waals surface area contributed by atoms with E-state index in [1.807, 2.05) is 19.2 Å². The minimum absolute atomic E-state index is 0.0851. The van der Waals surface area contributed by atoms with Gasteiger partial charge in [0.05, 0.1) is 24.9 Å². The number of rotatable bonds is 10. The van der Waals surface area contributed by atoms with Gasteiger partial charge in [0.15, 0.2) is 5.96 Å². The number of nitrogens with one attached hydrogen (secondary N) is 2. The van der Waals surface area contributed by atoms with Crippen LogP contribution in [0.5, 0.6) is 11.5 Å². The molecule has 0 aliphatic heterocycles. The van der Waals surface area contributed by atoms with E-state index in [4.69, 9.17) is 4.74 Å². The molecular weight excluding hydrogens is 404 g/mol. The van der Waals surface area contributed by atoms with Crippen molar-refractivity contribution in [3.63, 3.8) is 0 Å². The molecule has 1 aliphatic carbocycles. The van der Waals surface area contributed by atoms with Gasteiger partial charge in [-0.05, 0) is 37.5 Å². The van der Waals surface area contributed by atoms with Gasteiger partial charge < -0.3 is 20.1 Å². The highest BCUT2D eigenvalue weighted by Gasteiger charge is 2.17. The third kappa shape index (κ3) is 6.83. The molecule has 1 aromatic carbocycles. The van der Waals surface area contributed by atoms with Crippen LogP contribution < -0.4 is 20.1 Å². The van der Waals surface area contributed by atoms with Gasteiger partial charge in [0, 0.05) is 31.4 Å². The maximum atomic E-state index is 12.8. The molecule has 1 heterocycles. The lowest BCUT2D eigenvalue weighted by Gasteiger charge is -2.15. The number of halogens is 2. The Morgan fingerprint density at radius 2 is 2.00 bits per heavy atom. The minimum Gasteiger partial charge on any atom is -0.493 e. The monoisotopic (exact) mass is 435 g/mol. The largest absolute Gasteiger partial charge is 0.493 e. The Labute approximate surface area is 181 Å². The van der Waals surface area contributed by atoms with Crippen LogP contribution in [0.25, 0.3) is 0 Å². The number of alkyl halides is 2. The Balaban J connectivity index is 1.55. The third-order valence-corrected chi connectivity index (χ3v) is 5.20. The molecule has 0 amide bonds. The van der Waals surface area contributed by atoms with E-state index < -0.39 is 6.61 Å². The van der Waals surface area contributed by atoms with Gasteiger partial charge in [0.1, 0.15) is 11.5 Å². The molecule has 1 aliphatic rings. The van der Waals surface area contributed by atoms with Gasteiger partial charge in [-0.3, -0.25) is 9.67 Å². The van der Waals surface area contributed by atoms with Crippen molar-refractivity contribution >= 4 is 5.96 Å². The maximum absolute atomic E-state index is 12.8. The van der Waals surface area contributed by atoms with Crippen molar-refractivity contribution in [3.8, 4) is 11.5 Å². The van der Waals surface area contributed by atoms with Crippen LogP contribution in [0.15, 0.2) is 35.5 Å². The summed E-state index contributed by atoms with van der Waals surface area (Å²) in [5, 5.41) is 11.0. The molecule has 31 heavy (non-hydrogen) atoms. The first-order chi connectivity index (χ1) is 15.1. The van der Waals surface area contributed by atoms with E-state index in [2.05, 4.69) is 30.1 Å². The number of hydrogen-bond donors (Lipinski definition) is 2. The van der Waals surface area contributed by atoms with Crippen LogP contribution >= 0.6 is 0 Å². The van der Waals surface area contributed by atoms with Gasteiger partial charge in [-0.1, -0.05) is 19.8 Å². The van der Waals surface area contributed by atoms with Crippen LogP contribution in [0.4, 0.5) is 8.78 Å². The summed E-state index contributed by atoms with van der Waals surface area (Å²) in [6.45, 7) is 0.369. The van der Waals surface area contributed by atoms with Crippen molar-refractivity contribution in [3.05, 3.63) is 41.7 Å². The summed E-state index contributed by atoms with van der Waals surface area (Å²) in [5.41, 5.74) is 1.51. The van der Waals surface area contributed by atoms with Crippen molar-refractivity contribution < 1.29 is 18.3 Å². The molecule has 0 radical (unpaired) electrons. The number of guanidine groups is 1. The first-order valence-electron chi connectivity index (χ1n) is 10.8. The van der Waals surface area contributed by atoms with E-state index in [-0.39, 0.29) is 12.3 Å². The molecule has 0 atom stereocenters. The van der Waals surface area contributed by atoms with Crippen LogP contribution in [-0.4, -0.2) is 36.0 Å². The van der Waals surface area contributed by atoms with Crippen LogP contribution in [0, 0.1) is 0 Å². The van der Waals surface area contributed by atoms with Crippen LogP contribution in [0.1, 0.15) is 56.3 Å². The summed E-state index contributed by atoms with van der Waals surface area (Å²) in [6.07, 6.45) is 7.75. The number of ether oxygens (including phenoxy) is 2. The van der Waals surface area contributed by atoms with Crippen molar-refractivity contribution in [2.24, 2.45) is 4.99 Å². The lowest BCUT2D eigenvalue weighted by molar-refractivity contribution is -0.0505. The van der Waals surface area contributed by atoms with E-state index in [9.17, 15) is 8.78 Å². The van der Waals surface area contributed by atoms with Crippen molar-refractivity contribution in [2.45, 2.75) is 64.8 Å². The Morgan fingerprint density at radius 3 is 2.71 bits per heavy atom. The smallest absolute Gasteiger partial charge is 0.387 e. The fourth-order valence-corrected chi connectivity index (χ4v) is 3.61. The molecule has 3 rings (SSSR count). The number of nitrogens with zero attached hydrogens (tertiary/aromatic N) is 3. The number of hydrogen-bond acceptors (Lipinski definition) is 4. The summed E-state index contributed by atoms with van der Waals surface area (Å²) in [4.78, 5) is 4.20. The summed E-state index contributed by atoms with van der Waals surface area (Å²) < 4.78 is 37.9. The first kappa shape index (κ1) is 22.8. The van der Waals surface area contributed by atoms with Crippen LogP contribution in [0.3, 0.4) is 0 Å². The van der Waals surface area contributed by atoms with Crippen molar-refractivity contribution in [1.29, 1.82) is 0 Å². The molecule has 2 aromatic rings. The molecule has 7 nitrogen and oxygen atoms in total. The standard InChI is InChI=1S/C22H31F2N5O2/c1-3-12-30-19-9-8-16(20(13-19)31-21(23)24)14-26-22(25-2)27-15-17-10-11-29(28-17)18-6-4-5-7-18/h8-11,13,18,21H,3-7,12,14-15H2,1-2H3,(H2,25,26,27). The summed E-state index contributed by atoms with van der Waals surface area (Å²) in [7, 11) is 1.66. The number of aliphatic imine (C=N–C) groups is 1. The molecule has 0 unspecified atom stereocenters. The van der Waals surface area contributed by atoms with Gasteiger partial charge >= 0.3 is 6.61 Å². The summed E-state index contributed by atoms with van der Waals surface area (Å²) in [5.74, 6) is 1.13. The molecule has 1 fully saturated rings. The van der Waals surface area contributed by atoms with Gasteiger partial charge in [0.2, 0.25) is 0 Å². The molecule has 1 aromatic heterocycles. The van der Waals surface area contributed by atoms with Crippen molar-refractivity contribution in [2.75, 3.05) is 13.7 Å². The average Bonchev–Trinajstić information content (AvgIpc) is 3.45. The third-order valence-electron chi connectivity index (χ3n) is 5.20. The molecule has 0 bridgehead atoms. The summed E-state index contributed by atoms with van der Waals surface area (Å²) in [6, 6.07) is 7.46. The number of aromatic nitrogens is 2. The predicted molar refractivity (Wildman–Crippen MR) is 116 cm³/mol. The average molecular weight is 436 g/mol. The quantitative estimate of drug-likeness (QED) is 0.431.